The van der Waals surface area contributed by atoms with Crippen molar-refractivity contribution in [1.29, 1.82) is 0 Å². The Labute approximate surface area is 145 Å². The third-order valence-electron chi connectivity index (χ3n) is 3.81. The van der Waals surface area contributed by atoms with Crippen molar-refractivity contribution in [3.05, 3.63) is 58.4 Å². The maximum absolute atomic E-state index is 12.3. The lowest BCUT2D eigenvalue weighted by molar-refractivity contribution is 0.0951. The van der Waals surface area contributed by atoms with Crippen molar-refractivity contribution in [2.75, 3.05) is 6.61 Å². The van der Waals surface area contributed by atoms with Gasteiger partial charge >= 0.3 is 0 Å². The van der Waals surface area contributed by atoms with Gasteiger partial charge in [-0.05, 0) is 55.3 Å². The average molecular weight is 344 g/mol. The molecule has 0 fully saturated rings. The molecule has 0 aliphatic rings. The van der Waals surface area contributed by atoms with Crippen molar-refractivity contribution in [2.24, 2.45) is 0 Å². The number of imidazole rings is 1. The Morgan fingerprint density at radius 1 is 1.33 bits per heavy atom. The molecule has 1 aromatic heterocycles. The Hall–Kier alpha value is -2.53. The predicted molar refractivity (Wildman–Crippen MR) is 94.6 cm³/mol. The lowest BCUT2D eigenvalue weighted by Crippen LogP contribution is -2.23. The fraction of sp³-hybridized carbons (Fsp3) is 0.222. The van der Waals surface area contributed by atoms with E-state index in [1.165, 1.54) is 0 Å². The molecule has 0 aliphatic heterocycles. The van der Waals surface area contributed by atoms with E-state index in [2.05, 4.69) is 15.3 Å². The summed E-state index contributed by atoms with van der Waals surface area (Å²) in [5, 5.41) is 3.47. The molecule has 1 heterocycles. The van der Waals surface area contributed by atoms with Gasteiger partial charge in [0.25, 0.3) is 5.91 Å². The molecule has 0 bridgehead atoms. The second-order valence-corrected chi connectivity index (χ2v) is 5.87. The number of carbonyl (C=O) groups is 1. The van der Waals surface area contributed by atoms with Gasteiger partial charge in [-0.3, -0.25) is 4.79 Å². The Morgan fingerprint density at radius 2 is 2.17 bits per heavy atom. The first-order chi connectivity index (χ1) is 11.6. The van der Waals surface area contributed by atoms with Gasteiger partial charge in [-0.15, -0.1) is 0 Å². The first-order valence-electron chi connectivity index (χ1n) is 7.71. The Kier molecular flexibility index (Phi) is 4.71. The van der Waals surface area contributed by atoms with Gasteiger partial charge in [-0.2, -0.15) is 0 Å². The van der Waals surface area contributed by atoms with E-state index in [4.69, 9.17) is 16.3 Å². The zero-order valence-electron chi connectivity index (χ0n) is 13.5. The molecule has 0 saturated carbocycles. The van der Waals surface area contributed by atoms with Crippen LogP contribution in [0.15, 0.2) is 36.7 Å². The highest BCUT2D eigenvalue weighted by atomic mass is 35.5. The highest BCUT2D eigenvalue weighted by Crippen LogP contribution is 2.28. The molecule has 124 valence electrons. The van der Waals surface area contributed by atoms with Gasteiger partial charge in [0, 0.05) is 12.1 Å². The monoisotopic (exact) mass is 343 g/mol. The van der Waals surface area contributed by atoms with Crippen molar-refractivity contribution in [3.63, 3.8) is 0 Å². The van der Waals surface area contributed by atoms with E-state index in [-0.39, 0.29) is 5.91 Å². The number of nitrogens with zero attached hydrogens (tertiary/aromatic N) is 1. The van der Waals surface area contributed by atoms with Gasteiger partial charge in [0.05, 0.1) is 29.0 Å². The summed E-state index contributed by atoms with van der Waals surface area (Å²) in [6.45, 7) is 4.84. The number of rotatable bonds is 5. The molecule has 0 atom stereocenters. The fourth-order valence-corrected chi connectivity index (χ4v) is 2.75. The number of ether oxygens (including phenoxy) is 1. The van der Waals surface area contributed by atoms with Crippen molar-refractivity contribution >= 4 is 28.5 Å². The zero-order chi connectivity index (χ0) is 17.1. The number of hydrogen-bond acceptors (Lipinski definition) is 3. The van der Waals surface area contributed by atoms with Crippen molar-refractivity contribution in [1.82, 2.24) is 15.3 Å². The van der Waals surface area contributed by atoms with Crippen molar-refractivity contribution in [3.8, 4) is 5.75 Å². The molecule has 24 heavy (non-hydrogen) atoms. The molecule has 5 nitrogen and oxygen atoms in total. The van der Waals surface area contributed by atoms with Crippen LogP contribution in [0.25, 0.3) is 11.0 Å². The molecule has 0 saturated heterocycles. The number of halogens is 1. The van der Waals surface area contributed by atoms with Crippen molar-refractivity contribution < 1.29 is 9.53 Å². The lowest BCUT2D eigenvalue weighted by atomic mass is 10.1. The Balaban J connectivity index is 1.72. The average Bonchev–Trinajstić information content (AvgIpc) is 3.04. The number of hydrogen-bond donors (Lipinski definition) is 2. The van der Waals surface area contributed by atoms with Crippen molar-refractivity contribution in [2.45, 2.75) is 20.4 Å². The number of nitrogens with one attached hydrogen (secondary N) is 2. The third-order valence-corrected chi connectivity index (χ3v) is 4.11. The lowest BCUT2D eigenvalue weighted by Gasteiger charge is -2.12. The van der Waals surface area contributed by atoms with E-state index in [1.807, 2.05) is 32.0 Å². The van der Waals surface area contributed by atoms with Crippen LogP contribution in [0, 0.1) is 6.92 Å². The van der Waals surface area contributed by atoms with E-state index >= 15 is 0 Å². The highest BCUT2D eigenvalue weighted by molar-refractivity contribution is 6.32. The van der Waals surface area contributed by atoms with E-state index in [1.54, 1.807) is 18.5 Å². The Bertz CT molecular complexity index is 889. The number of aromatic nitrogens is 2. The zero-order valence-corrected chi connectivity index (χ0v) is 14.3. The summed E-state index contributed by atoms with van der Waals surface area (Å²) in [6.07, 6.45) is 1.61. The SMILES string of the molecule is CCOc1cc(C)c(CNC(=O)c2ccc3nc[nH]c3c2)cc1Cl. The van der Waals surface area contributed by atoms with Crippen LogP contribution in [0.5, 0.6) is 5.75 Å². The van der Waals surface area contributed by atoms with Crippen LogP contribution in [-0.2, 0) is 6.54 Å². The van der Waals surface area contributed by atoms with Crippen LogP contribution in [0.1, 0.15) is 28.4 Å². The second-order valence-electron chi connectivity index (χ2n) is 5.46. The molecule has 1 amide bonds. The summed E-state index contributed by atoms with van der Waals surface area (Å²) in [4.78, 5) is 19.5. The maximum atomic E-state index is 12.3. The van der Waals surface area contributed by atoms with Crippen LogP contribution in [-0.4, -0.2) is 22.5 Å². The topological polar surface area (TPSA) is 67.0 Å². The van der Waals surface area contributed by atoms with Gasteiger partial charge in [0.1, 0.15) is 5.75 Å². The minimum atomic E-state index is -0.143. The quantitative estimate of drug-likeness (QED) is 0.739. The van der Waals surface area contributed by atoms with Crippen LogP contribution < -0.4 is 10.1 Å². The minimum Gasteiger partial charge on any atom is -0.492 e. The molecule has 0 unspecified atom stereocenters. The van der Waals surface area contributed by atoms with Crippen LogP contribution in [0.2, 0.25) is 5.02 Å². The summed E-state index contributed by atoms with van der Waals surface area (Å²) < 4.78 is 5.47. The minimum absolute atomic E-state index is 0.143. The van der Waals surface area contributed by atoms with Gasteiger partial charge in [0.15, 0.2) is 0 Å². The normalized spacial score (nSPS) is 10.8. The molecule has 3 aromatic rings. The summed E-state index contributed by atoms with van der Waals surface area (Å²) in [6, 6.07) is 9.09. The van der Waals surface area contributed by atoms with Crippen LogP contribution >= 0.6 is 11.6 Å². The number of amides is 1. The smallest absolute Gasteiger partial charge is 0.251 e. The molecular formula is C18H18ClN3O2. The predicted octanol–water partition coefficient (Wildman–Crippen LogP) is 3.85. The molecule has 0 spiro atoms. The molecule has 0 aliphatic carbocycles. The number of aromatic amines is 1. The second kappa shape index (κ2) is 6.93. The number of aryl methyl sites for hydroxylation is 1. The van der Waals surface area contributed by atoms with Crippen LogP contribution in [0.3, 0.4) is 0 Å². The summed E-state index contributed by atoms with van der Waals surface area (Å²) in [7, 11) is 0. The van der Waals surface area contributed by atoms with Gasteiger partial charge < -0.3 is 15.0 Å². The summed E-state index contributed by atoms with van der Waals surface area (Å²) in [5.74, 6) is 0.521. The van der Waals surface area contributed by atoms with Gasteiger partial charge in [0.2, 0.25) is 0 Å². The first-order valence-corrected chi connectivity index (χ1v) is 8.09. The Morgan fingerprint density at radius 3 is 2.96 bits per heavy atom. The maximum Gasteiger partial charge on any atom is 0.251 e. The number of fused-ring (bicyclic) bond motifs is 1. The molecule has 2 N–H and O–H groups in total. The fourth-order valence-electron chi connectivity index (χ4n) is 2.51. The van der Waals surface area contributed by atoms with Crippen LogP contribution in [0.4, 0.5) is 0 Å². The summed E-state index contributed by atoms with van der Waals surface area (Å²) >= 11 is 6.22. The number of benzene rings is 2. The van der Waals surface area contributed by atoms with Gasteiger partial charge in [-0.25, -0.2) is 4.98 Å². The molecule has 0 radical (unpaired) electrons. The highest BCUT2D eigenvalue weighted by Gasteiger charge is 2.10. The standard InChI is InChI=1S/C18H18ClN3O2/c1-3-24-17-6-11(2)13(7-14(17)19)9-20-18(23)12-4-5-15-16(8-12)22-10-21-15/h4-8,10H,3,9H2,1-2H3,(H,20,23)(H,21,22). The molecule has 6 heteroatoms. The van der Waals surface area contributed by atoms with E-state index in [9.17, 15) is 4.79 Å². The molecular weight excluding hydrogens is 326 g/mol. The third kappa shape index (κ3) is 3.36. The van der Waals surface area contributed by atoms with E-state index in [0.29, 0.717) is 29.5 Å². The largest absolute Gasteiger partial charge is 0.492 e. The number of H-pyrrole nitrogens is 1. The van der Waals surface area contributed by atoms with Gasteiger partial charge in [-0.1, -0.05) is 11.6 Å². The molecule has 3 rings (SSSR count). The number of carbonyl (C=O) groups excluding carboxylic acids is 1. The van der Waals surface area contributed by atoms with E-state index < -0.39 is 0 Å². The molecule has 2 aromatic carbocycles. The summed E-state index contributed by atoms with van der Waals surface area (Å²) in [5.41, 5.74) is 4.23. The first kappa shape index (κ1) is 16.3. The van der Waals surface area contributed by atoms with E-state index in [0.717, 1.165) is 22.2 Å².